The van der Waals surface area contributed by atoms with Gasteiger partial charge in [-0.3, -0.25) is 0 Å². The van der Waals surface area contributed by atoms with Gasteiger partial charge in [-0.15, -0.1) is 0 Å². The average Bonchev–Trinajstić information content (AvgIpc) is 2.56. The molecule has 1 saturated carbocycles. The molecule has 1 nitrogen and oxygen atoms in total. The van der Waals surface area contributed by atoms with Gasteiger partial charge in [0.25, 0.3) is 0 Å². The number of rotatable bonds is 4. The molecule has 100 valence electrons. The Morgan fingerprint density at radius 2 is 2.11 bits per heavy atom. The second-order valence-corrected chi connectivity index (χ2v) is 5.51. The van der Waals surface area contributed by atoms with Crippen molar-refractivity contribution in [1.29, 1.82) is 0 Å². The van der Waals surface area contributed by atoms with E-state index in [0.29, 0.717) is 6.04 Å². The van der Waals surface area contributed by atoms with Crippen LogP contribution in [0.25, 0.3) is 0 Å². The van der Waals surface area contributed by atoms with Crippen LogP contribution in [-0.4, -0.2) is 6.04 Å². The molecule has 2 unspecified atom stereocenters. The van der Waals surface area contributed by atoms with Gasteiger partial charge in [0.15, 0.2) is 0 Å². The summed E-state index contributed by atoms with van der Waals surface area (Å²) in [5, 5.41) is 3.48. The molecule has 0 radical (unpaired) electrons. The molecule has 1 N–H and O–H groups in total. The average molecular weight is 249 g/mol. The van der Waals surface area contributed by atoms with Gasteiger partial charge in [-0.2, -0.15) is 0 Å². The molecule has 1 aromatic rings. The van der Waals surface area contributed by atoms with E-state index in [4.69, 9.17) is 0 Å². The zero-order valence-electron chi connectivity index (χ0n) is 11.3. The molecule has 0 aliphatic heterocycles. The molecule has 1 aliphatic rings. The van der Waals surface area contributed by atoms with E-state index in [1.807, 2.05) is 6.07 Å². The molecule has 0 saturated heterocycles. The van der Waals surface area contributed by atoms with Crippen molar-refractivity contribution in [2.75, 3.05) is 5.32 Å². The molecule has 0 amide bonds. The Labute approximate surface area is 110 Å². The fourth-order valence-electron chi connectivity index (χ4n) is 3.03. The van der Waals surface area contributed by atoms with Crippen LogP contribution in [0.15, 0.2) is 24.3 Å². The fraction of sp³-hybridized carbons (Fsp3) is 0.625. The summed E-state index contributed by atoms with van der Waals surface area (Å²) in [6, 6.07) is 7.34. The number of nitrogens with one attached hydrogen (secondary N) is 1. The summed E-state index contributed by atoms with van der Waals surface area (Å²) < 4.78 is 13.1. The summed E-state index contributed by atoms with van der Waals surface area (Å²) >= 11 is 0. The summed E-state index contributed by atoms with van der Waals surface area (Å²) in [4.78, 5) is 0. The highest BCUT2D eigenvalue weighted by atomic mass is 19.1. The molecular weight excluding hydrogens is 225 g/mol. The van der Waals surface area contributed by atoms with Crippen LogP contribution in [-0.2, 0) is 0 Å². The Morgan fingerprint density at radius 3 is 2.89 bits per heavy atom. The lowest BCUT2D eigenvalue weighted by Crippen LogP contribution is -2.18. The number of benzene rings is 1. The molecule has 1 aliphatic carbocycles. The lowest BCUT2D eigenvalue weighted by molar-refractivity contribution is 0.422. The molecule has 2 heteroatoms. The van der Waals surface area contributed by atoms with Crippen LogP contribution >= 0.6 is 0 Å². The molecular formula is C16H24FN. The minimum absolute atomic E-state index is 0.155. The summed E-state index contributed by atoms with van der Waals surface area (Å²) in [6.07, 6.45) is 9.10. The molecule has 1 aromatic carbocycles. The van der Waals surface area contributed by atoms with Crippen LogP contribution in [0.2, 0.25) is 0 Å². The first-order valence-corrected chi connectivity index (χ1v) is 7.30. The molecule has 2 rings (SSSR count). The number of anilines is 1. The van der Waals surface area contributed by atoms with Gasteiger partial charge in [0.1, 0.15) is 5.82 Å². The summed E-state index contributed by atoms with van der Waals surface area (Å²) in [7, 11) is 0. The SMILES string of the molecule is CCCC1CCCC(Nc2cccc(F)c2)CC1. The van der Waals surface area contributed by atoms with Crippen LogP contribution in [0.3, 0.4) is 0 Å². The molecule has 0 heterocycles. The largest absolute Gasteiger partial charge is 0.382 e. The highest BCUT2D eigenvalue weighted by molar-refractivity contribution is 5.43. The Balaban J connectivity index is 1.87. The topological polar surface area (TPSA) is 12.0 Å². The third kappa shape index (κ3) is 4.01. The van der Waals surface area contributed by atoms with Gasteiger partial charge in [0.05, 0.1) is 0 Å². The van der Waals surface area contributed by atoms with E-state index in [1.165, 1.54) is 51.0 Å². The van der Waals surface area contributed by atoms with Crippen molar-refractivity contribution in [1.82, 2.24) is 0 Å². The van der Waals surface area contributed by atoms with E-state index in [-0.39, 0.29) is 5.82 Å². The lowest BCUT2D eigenvalue weighted by atomic mass is 9.95. The monoisotopic (exact) mass is 249 g/mol. The first kappa shape index (κ1) is 13.4. The molecule has 0 aromatic heterocycles. The highest BCUT2D eigenvalue weighted by Gasteiger charge is 2.18. The smallest absolute Gasteiger partial charge is 0.125 e. The molecule has 1 fully saturated rings. The van der Waals surface area contributed by atoms with Crippen molar-refractivity contribution in [2.45, 2.75) is 57.9 Å². The van der Waals surface area contributed by atoms with Gasteiger partial charge in [-0.05, 0) is 43.4 Å². The van der Waals surface area contributed by atoms with Crippen molar-refractivity contribution in [2.24, 2.45) is 5.92 Å². The Morgan fingerprint density at radius 1 is 1.22 bits per heavy atom. The van der Waals surface area contributed by atoms with Crippen LogP contribution in [0.1, 0.15) is 51.9 Å². The molecule has 18 heavy (non-hydrogen) atoms. The van der Waals surface area contributed by atoms with Crippen molar-refractivity contribution in [3.8, 4) is 0 Å². The number of hydrogen-bond acceptors (Lipinski definition) is 1. The fourth-order valence-corrected chi connectivity index (χ4v) is 3.03. The highest BCUT2D eigenvalue weighted by Crippen LogP contribution is 2.28. The number of hydrogen-bond donors (Lipinski definition) is 1. The second kappa shape index (κ2) is 6.77. The maximum atomic E-state index is 13.1. The Hall–Kier alpha value is -1.05. The van der Waals surface area contributed by atoms with E-state index in [1.54, 1.807) is 12.1 Å². The third-order valence-corrected chi connectivity index (χ3v) is 3.98. The Bertz CT molecular complexity index is 364. The molecule has 2 atom stereocenters. The van der Waals surface area contributed by atoms with Crippen LogP contribution < -0.4 is 5.32 Å². The van der Waals surface area contributed by atoms with Crippen molar-refractivity contribution in [3.63, 3.8) is 0 Å². The quantitative estimate of drug-likeness (QED) is 0.741. The van der Waals surface area contributed by atoms with Gasteiger partial charge >= 0.3 is 0 Å². The van der Waals surface area contributed by atoms with Gasteiger partial charge in [-0.25, -0.2) is 4.39 Å². The molecule has 0 spiro atoms. The summed E-state index contributed by atoms with van der Waals surface area (Å²) in [6.45, 7) is 2.27. The van der Waals surface area contributed by atoms with Gasteiger partial charge < -0.3 is 5.32 Å². The van der Waals surface area contributed by atoms with E-state index >= 15 is 0 Å². The predicted molar refractivity (Wildman–Crippen MR) is 75.3 cm³/mol. The van der Waals surface area contributed by atoms with Gasteiger partial charge in [0, 0.05) is 11.7 Å². The maximum Gasteiger partial charge on any atom is 0.125 e. The maximum absolute atomic E-state index is 13.1. The zero-order chi connectivity index (χ0) is 12.8. The Kier molecular flexibility index (Phi) is 5.03. The first-order chi connectivity index (χ1) is 8.78. The minimum Gasteiger partial charge on any atom is -0.382 e. The zero-order valence-corrected chi connectivity index (χ0v) is 11.3. The van der Waals surface area contributed by atoms with Crippen LogP contribution in [0.5, 0.6) is 0 Å². The van der Waals surface area contributed by atoms with E-state index in [0.717, 1.165) is 11.6 Å². The molecule has 0 bridgehead atoms. The summed E-state index contributed by atoms with van der Waals surface area (Å²) in [5.74, 6) is 0.756. The van der Waals surface area contributed by atoms with Crippen molar-refractivity contribution in [3.05, 3.63) is 30.1 Å². The van der Waals surface area contributed by atoms with Crippen LogP contribution in [0, 0.1) is 11.7 Å². The lowest BCUT2D eigenvalue weighted by Gasteiger charge is -2.18. The normalized spacial score (nSPS) is 24.6. The van der Waals surface area contributed by atoms with Crippen LogP contribution in [0.4, 0.5) is 10.1 Å². The minimum atomic E-state index is -0.155. The third-order valence-electron chi connectivity index (χ3n) is 3.98. The first-order valence-electron chi connectivity index (χ1n) is 7.30. The van der Waals surface area contributed by atoms with E-state index < -0.39 is 0 Å². The standard InChI is InChI=1S/C16H24FN/c1-2-5-13-6-3-8-15(11-10-13)18-16-9-4-7-14(17)12-16/h4,7,9,12-13,15,18H,2-3,5-6,8,10-11H2,1H3. The van der Waals surface area contributed by atoms with E-state index in [9.17, 15) is 4.39 Å². The van der Waals surface area contributed by atoms with Gasteiger partial charge in [-0.1, -0.05) is 38.7 Å². The second-order valence-electron chi connectivity index (χ2n) is 5.51. The number of halogens is 1. The van der Waals surface area contributed by atoms with Crippen molar-refractivity contribution >= 4 is 5.69 Å². The predicted octanol–water partition coefficient (Wildman–Crippen LogP) is 4.99. The summed E-state index contributed by atoms with van der Waals surface area (Å²) in [5.41, 5.74) is 0.925. The van der Waals surface area contributed by atoms with Gasteiger partial charge in [0.2, 0.25) is 0 Å². The van der Waals surface area contributed by atoms with Crippen molar-refractivity contribution < 1.29 is 4.39 Å². The van der Waals surface area contributed by atoms with E-state index in [2.05, 4.69) is 12.2 Å².